The number of anilines is 1. The van der Waals surface area contributed by atoms with Crippen molar-refractivity contribution < 1.29 is 14.3 Å². The second-order valence-corrected chi connectivity index (χ2v) is 4.59. The van der Waals surface area contributed by atoms with Crippen LogP contribution in [0.1, 0.15) is 19.8 Å². The highest BCUT2D eigenvalue weighted by molar-refractivity contribution is 5.88. The van der Waals surface area contributed by atoms with Gasteiger partial charge in [-0.3, -0.25) is 9.59 Å². The van der Waals surface area contributed by atoms with Crippen molar-refractivity contribution in [1.82, 2.24) is 4.90 Å². The molecule has 0 atom stereocenters. The lowest BCUT2D eigenvalue weighted by molar-refractivity contribution is -0.134. The standard InChI is InChI=1S/C14H20N2O3.ClH/c1-11(17)15-12-6-8-13(9-7-12)19-14(18)5-4-10-16(2)3;/h6-9H,4-5,10H2,1-3H3,(H,15,17);1H. The van der Waals surface area contributed by atoms with Crippen molar-refractivity contribution in [2.75, 3.05) is 26.0 Å². The fourth-order valence-electron chi connectivity index (χ4n) is 1.53. The van der Waals surface area contributed by atoms with Gasteiger partial charge in [-0.1, -0.05) is 0 Å². The largest absolute Gasteiger partial charge is 0.427 e. The highest BCUT2D eigenvalue weighted by Crippen LogP contribution is 2.16. The number of hydrogen-bond donors (Lipinski definition) is 1. The van der Waals surface area contributed by atoms with E-state index in [-0.39, 0.29) is 24.3 Å². The summed E-state index contributed by atoms with van der Waals surface area (Å²) in [5, 5.41) is 2.65. The van der Waals surface area contributed by atoms with Crippen LogP contribution in [0.25, 0.3) is 0 Å². The number of hydrogen-bond acceptors (Lipinski definition) is 4. The van der Waals surface area contributed by atoms with Gasteiger partial charge in [-0.25, -0.2) is 0 Å². The molecular weight excluding hydrogens is 280 g/mol. The summed E-state index contributed by atoms with van der Waals surface area (Å²) in [4.78, 5) is 24.4. The second kappa shape index (κ2) is 9.34. The van der Waals surface area contributed by atoms with Gasteiger partial charge >= 0.3 is 5.97 Å². The van der Waals surface area contributed by atoms with Crippen LogP contribution in [0, 0.1) is 0 Å². The van der Waals surface area contributed by atoms with Crippen molar-refractivity contribution in [2.24, 2.45) is 0 Å². The first-order valence-electron chi connectivity index (χ1n) is 6.20. The molecule has 1 aromatic carbocycles. The zero-order valence-electron chi connectivity index (χ0n) is 12.0. The molecule has 1 rings (SSSR count). The van der Waals surface area contributed by atoms with E-state index in [1.54, 1.807) is 24.3 Å². The Morgan fingerprint density at radius 2 is 1.80 bits per heavy atom. The molecule has 112 valence electrons. The average Bonchev–Trinajstić information content (AvgIpc) is 2.30. The maximum atomic E-state index is 11.5. The lowest BCUT2D eigenvalue weighted by Gasteiger charge is -2.09. The third-order valence-corrected chi connectivity index (χ3v) is 2.39. The smallest absolute Gasteiger partial charge is 0.311 e. The fraction of sp³-hybridized carbons (Fsp3) is 0.429. The average molecular weight is 301 g/mol. The van der Waals surface area contributed by atoms with Crippen LogP contribution in [-0.2, 0) is 9.59 Å². The molecule has 0 bridgehead atoms. The first kappa shape index (κ1) is 18.4. The van der Waals surface area contributed by atoms with Gasteiger partial charge in [-0.05, 0) is 51.3 Å². The van der Waals surface area contributed by atoms with E-state index in [4.69, 9.17) is 4.74 Å². The van der Waals surface area contributed by atoms with Crippen molar-refractivity contribution in [3.8, 4) is 5.75 Å². The van der Waals surface area contributed by atoms with Crippen molar-refractivity contribution in [2.45, 2.75) is 19.8 Å². The number of amides is 1. The number of ether oxygens (including phenoxy) is 1. The molecule has 0 aliphatic heterocycles. The lowest BCUT2D eigenvalue weighted by atomic mass is 10.3. The number of esters is 1. The molecule has 0 saturated heterocycles. The van der Waals surface area contributed by atoms with Crippen LogP contribution in [-0.4, -0.2) is 37.4 Å². The molecule has 0 aliphatic rings. The molecule has 0 fully saturated rings. The highest BCUT2D eigenvalue weighted by atomic mass is 35.5. The van der Waals surface area contributed by atoms with Gasteiger partial charge in [0.2, 0.25) is 5.91 Å². The second-order valence-electron chi connectivity index (χ2n) is 4.59. The molecule has 1 aromatic rings. The molecule has 20 heavy (non-hydrogen) atoms. The molecule has 5 nitrogen and oxygen atoms in total. The zero-order chi connectivity index (χ0) is 14.3. The molecule has 0 aliphatic carbocycles. The van der Waals surface area contributed by atoms with Crippen molar-refractivity contribution in [3.63, 3.8) is 0 Å². The Kier molecular flexibility index (Phi) is 8.59. The van der Waals surface area contributed by atoms with Crippen LogP contribution in [0.2, 0.25) is 0 Å². The number of nitrogens with one attached hydrogen (secondary N) is 1. The van der Waals surface area contributed by atoms with Crippen molar-refractivity contribution >= 4 is 30.0 Å². The molecule has 1 N–H and O–H groups in total. The normalized spacial score (nSPS) is 9.80. The molecule has 1 amide bonds. The number of halogens is 1. The van der Waals surface area contributed by atoms with E-state index in [0.29, 0.717) is 17.9 Å². The molecule has 0 saturated carbocycles. The summed E-state index contributed by atoms with van der Waals surface area (Å²) < 4.78 is 5.19. The van der Waals surface area contributed by atoms with Gasteiger partial charge in [0.1, 0.15) is 5.75 Å². The summed E-state index contributed by atoms with van der Waals surface area (Å²) in [5.74, 6) is 0.117. The van der Waals surface area contributed by atoms with Gasteiger partial charge in [0.05, 0.1) is 0 Å². The number of carbonyl (C=O) groups excluding carboxylic acids is 2. The van der Waals surface area contributed by atoms with E-state index >= 15 is 0 Å². The van der Waals surface area contributed by atoms with E-state index in [2.05, 4.69) is 5.32 Å². The van der Waals surface area contributed by atoms with Crippen LogP contribution in [0.4, 0.5) is 5.69 Å². The van der Waals surface area contributed by atoms with E-state index < -0.39 is 0 Å². The Morgan fingerprint density at radius 1 is 1.20 bits per heavy atom. The van der Waals surface area contributed by atoms with Gasteiger partial charge < -0.3 is 15.0 Å². The SMILES string of the molecule is CC(=O)Nc1ccc(OC(=O)CCCN(C)C)cc1.Cl. The van der Waals surface area contributed by atoms with Crippen LogP contribution in [0.5, 0.6) is 5.75 Å². The molecule has 0 unspecified atom stereocenters. The molecular formula is C14H21ClN2O3. The monoisotopic (exact) mass is 300 g/mol. The van der Waals surface area contributed by atoms with Crippen LogP contribution < -0.4 is 10.1 Å². The van der Waals surface area contributed by atoms with Gasteiger partial charge in [-0.15, -0.1) is 12.4 Å². The Balaban J connectivity index is 0.00000361. The quantitative estimate of drug-likeness (QED) is 0.647. The van der Waals surface area contributed by atoms with E-state index in [9.17, 15) is 9.59 Å². The molecule has 0 radical (unpaired) electrons. The summed E-state index contributed by atoms with van der Waals surface area (Å²) in [7, 11) is 3.93. The van der Waals surface area contributed by atoms with E-state index in [1.807, 2.05) is 19.0 Å². The molecule has 0 heterocycles. The van der Waals surface area contributed by atoms with Gasteiger partial charge in [-0.2, -0.15) is 0 Å². The molecule has 6 heteroatoms. The molecule has 0 aromatic heterocycles. The lowest BCUT2D eigenvalue weighted by Crippen LogP contribution is -2.16. The Hall–Kier alpha value is -1.59. The maximum absolute atomic E-state index is 11.5. The summed E-state index contributed by atoms with van der Waals surface area (Å²) >= 11 is 0. The zero-order valence-corrected chi connectivity index (χ0v) is 12.8. The minimum atomic E-state index is -0.242. The molecule has 0 spiro atoms. The van der Waals surface area contributed by atoms with Crippen LogP contribution >= 0.6 is 12.4 Å². The van der Waals surface area contributed by atoms with Crippen molar-refractivity contribution in [1.29, 1.82) is 0 Å². The summed E-state index contributed by atoms with van der Waals surface area (Å²) in [5.41, 5.74) is 0.680. The Labute approximate surface area is 125 Å². The maximum Gasteiger partial charge on any atom is 0.311 e. The summed E-state index contributed by atoms with van der Waals surface area (Å²) in [6.07, 6.45) is 1.17. The summed E-state index contributed by atoms with van der Waals surface area (Å²) in [6, 6.07) is 6.72. The number of rotatable bonds is 6. The van der Waals surface area contributed by atoms with E-state index in [0.717, 1.165) is 13.0 Å². The third-order valence-electron chi connectivity index (χ3n) is 2.39. The minimum absolute atomic E-state index is 0. The number of carbonyl (C=O) groups is 2. The van der Waals surface area contributed by atoms with Crippen molar-refractivity contribution in [3.05, 3.63) is 24.3 Å². The Morgan fingerprint density at radius 3 is 2.30 bits per heavy atom. The minimum Gasteiger partial charge on any atom is -0.427 e. The van der Waals surface area contributed by atoms with Gasteiger partial charge in [0, 0.05) is 19.0 Å². The number of nitrogens with zero attached hydrogens (tertiary/aromatic N) is 1. The predicted octanol–water partition coefficient (Wildman–Crippen LogP) is 2.31. The van der Waals surface area contributed by atoms with Crippen LogP contribution in [0.15, 0.2) is 24.3 Å². The first-order chi connectivity index (χ1) is 8.97. The van der Waals surface area contributed by atoms with Gasteiger partial charge in [0.25, 0.3) is 0 Å². The summed E-state index contributed by atoms with van der Waals surface area (Å²) in [6.45, 7) is 2.30. The Bertz CT molecular complexity index is 433. The van der Waals surface area contributed by atoms with Crippen LogP contribution in [0.3, 0.4) is 0 Å². The first-order valence-corrected chi connectivity index (χ1v) is 6.20. The predicted molar refractivity (Wildman–Crippen MR) is 81.4 cm³/mol. The number of benzene rings is 1. The third kappa shape index (κ3) is 7.76. The van der Waals surface area contributed by atoms with E-state index in [1.165, 1.54) is 6.92 Å². The fourth-order valence-corrected chi connectivity index (χ4v) is 1.53. The topological polar surface area (TPSA) is 58.6 Å². The highest BCUT2D eigenvalue weighted by Gasteiger charge is 2.05. The van der Waals surface area contributed by atoms with Gasteiger partial charge in [0.15, 0.2) is 0 Å².